The lowest BCUT2D eigenvalue weighted by Crippen LogP contribution is -2.37. The van der Waals surface area contributed by atoms with E-state index in [4.69, 9.17) is 0 Å². The normalized spacial score (nSPS) is 19.4. The van der Waals surface area contributed by atoms with E-state index < -0.39 is 10.0 Å². The van der Waals surface area contributed by atoms with Crippen molar-refractivity contribution in [2.75, 3.05) is 25.6 Å². The molecule has 0 aromatic heterocycles. The summed E-state index contributed by atoms with van der Waals surface area (Å²) in [5.41, 5.74) is 2.99. The van der Waals surface area contributed by atoms with Gasteiger partial charge in [-0.25, -0.2) is 8.42 Å². The predicted octanol–water partition coefficient (Wildman–Crippen LogP) is 2.15. The molecule has 4 nitrogen and oxygen atoms in total. The Bertz CT molecular complexity index is 608. The molecule has 1 unspecified atom stereocenters. The van der Waals surface area contributed by atoms with Crippen LogP contribution in [0.3, 0.4) is 0 Å². The number of benzene rings is 1. The minimum absolute atomic E-state index is 0.119. The number of aryl methyl sites for hydroxylation is 2. The molecule has 0 spiro atoms. The van der Waals surface area contributed by atoms with Crippen LogP contribution in [0.5, 0.6) is 0 Å². The third-order valence-electron chi connectivity index (χ3n) is 4.08. The Hall–Kier alpha value is -0.560. The minimum atomic E-state index is -3.42. The van der Waals surface area contributed by atoms with E-state index in [1.165, 1.54) is 0 Å². The third-order valence-corrected chi connectivity index (χ3v) is 7.27. The van der Waals surface area contributed by atoms with E-state index in [9.17, 15) is 8.42 Å². The zero-order chi connectivity index (χ0) is 15.6. The van der Waals surface area contributed by atoms with Crippen LogP contribution < -0.4 is 5.32 Å². The van der Waals surface area contributed by atoms with Crippen molar-refractivity contribution in [3.63, 3.8) is 0 Å². The first-order chi connectivity index (χ1) is 9.87. The second-order valence-electron chi connectivity index (χ2n) is 5.61. The largest absolute Gasteiger partial charge is 0.316 e. The Morgan fingerprint density at radius 3 is 2.62 bits per heavy atom. The number of rotatable bonds is 5. The fourth-order valence-electron chi connectivity index (χ4n) is 2.69. The van der Waals surface area contributed by atoms with Crippen molar-refractivity contribution in [1.82, 2.24) is 9.62 Å². The van der Waals surface area contributed by atoms with Crippen LogP contribution in [0.4, 0.5) is 0 Å². The van der Waals surface area contributed by atoms with Gasteiger partial charge in [-0.1, -0.05) is 6.07 Å². The first-order valence-electron chi connectivity index (χ1n) is 7.18. The summed E-state index contributed by atoms with van der Waals surface area (Å²) in [6.07, 6.45) is 0.939. The van der Waals surface area contributed by atoms with Gasteiger partial charge in [-0.2, -0.15) is 16.1 Å². The van der Waals surface area contributed by atoms with Gasteiger partial charge in [0, 0.05) is 25.4 Å². The highest BCUT2D eigenvalue weighted by molar-refractivity contribution is 7.99. The number of nitrogens with zero attached hydrogens (tertiary/aromatic N) is 1. The number of hydrogen-bond donors (Lipinski definition) is 1. The average molecular weight is 329 g/mol. The molecule has 6 heteroatoms. The zero-order valence-corrected chi connectivity index (χ0v) is 14.8. The lowest BCUT2D eigenvalue weighted by molar-refractivity contribution is 0.394. The predicted molar refractivity (Wildman–Crippen MR) is 89.4 cm³/mol. The molecule has 118 valence electrons. The van der Waals surface area contributed by atoms with Crippen molar-refractivity contribution in [2.45, 2.75) is 37.8 Å². The van der Waals surface area contributed by atoms with E-state index in [1.54, 1.807) is 11.4 Å². The first-order valence-corrected chi connectivity index (χ1v) is 9.78. The molecule has 1 aromatic carbocycles. The van der Waals surface area contributed by atoms with Gasteiger partial charge in [-0.15, -0.1) is 0 Å². The molecule has 2 rings (SSSR count). The molecule has 1 N–H and O–H groups in total. The summed E-state index contributed by atoms with van der Waals surface area (Å²) in [6, 6.07) is 3.92. The molecule has 0 saturated carbocycles. The fourth-order valence-corrected chi connectivity index (χ4v) is 5.70. The maximum absolute atomic E-state index is 12.9. The van der Waals surface area contributed by atoms with Crippen LogP contribution in [-0.4, -0.2) is 44.4 Å². The van der Waals surface area contributed by atoms with Crippen molar-refractivity contribution < 1.29 is 8.42 Å². The molecule has 0 aliphatic carbocycles. The van der Waals surface area contributed by atoms with Crippen LogP contribution in [0.15, 0.2) is 17.0 Å². The summed E-state index contributed by atoms with van der Waals surface area (Å²) in [6.45, 7) is 4.57. The van der Waals surface area contributed by atoms with E-state index in [-0.39, 0.29) is 6.04 Å². The number of sulfonamides is 1. The summed E-state index contributed by atoms with van der Waals surface area (Å²) in [4.78, 5) is 0.442. The molecule has 0 radical (unpaired) electrons. The van der Waals surface area contributed by atoms with Gasteiger partial charge in [0.1, 0.15) is 0 Å². The summed E-state index contributed by atoms with van der Waals surface area (Å²) >= 11 is 1.82. The average Bonchev–Trinajstić information content (AvgIpc) is 2.94. The molecule has 1 aromatic rings. The van der Waals surface area contributed by atoms with Gasteiger partial charge in [0.15, 0.2) is 0 Å². The highest BCUT2D eigenvalue weighted by Crippen LogP contribution is 2.29. The molecule has 1 saturated heterocycles. The topological polar surface area (TPSA) is 49.4 Å². The van der Waals surface area contributed by atoms with Crippen molar-refractivity contribution in [3.8, 4) is 0 Å². The standard InChI is InChI=1S/C15H24N2O2S2/c1-11-7-12(2)15(8-13(11)9-16-3)21(18,19)17(4)14-5-6-20-10-14/h7-8,14,16H,5-6,9-10H2,1-4H3. The Balaban J connectivity index is 2.41. The minimum Gasteiger partial charge on any atom is -0.316 e. The Kier molecular flexibility index (Phi) is 5.35. The monoisotopic (exact) mass is 328 g/mol. The highest BCUT2D eigenvalue weighted by Gasteiger charge is 2.31. The van der Waals surface area contributed by atoms with Gasteiger partial charge in [0.2, 0.25) is 10.0 Å². The first kappa shape index (κ1) is 16.8. The number of thioether (sulfide) groups is 1. The highest BCUT2D eigenvalue weighted by atomic mass is 32.2. The smallest absolute Gasteiger partial charge is 0.243 e. The second-order valence-corrected chi connectivity index (χ2v) is 8.73. The van der Waals surface area contributed by atoms with E-state index in [0.717, 1.165) is 34.6 Å². The van der Waals surface area contributed by atoms with Crippen molar-refractivity contribution in [3.05, 3.63) is 28.8 Å². The van der Waals surface area contributed by atoms with Crippen LogP contribution in [-0.2, 0) is 16.6 Å². The lowest BCUT2D eigenvalue weighted by Gasteiger charge is -2.24. The molecule has 1 aliphatic heterocycles. The van der Waals surface area contributed by atoms with E-state index >= 15 is 0 Å². The van der Waals surface area contributed by atoms with Crippen LogP contribution >= 0.6 is 11.8 Å². The molecule has 21 heavy (non-hydrogen) atoms. The SMILES string of the molecule is CNCc1cc(S(=O)(=O)N(C)C2CCSC2)c(C)cc1C. The van der Waals surface area contributed by atoms with Crippen molar-refractivity contribution in [1.29, 1.82) is 0 Å². The molecule has 1 atom stereocenters. The van der Waals surface area contributed by atoms with Crippen LogP contribution in [0.25, 0.3) is 0 Å². The Labute approximate surface area is 132 Å². The maximum Gasteiger partial charge on any atom is 0.243 e. The molecular formula is C15H24N2O2S2. The zero-order valence-electron chi connectivity index (χ0n) is 13.1. The summed E-state index contributed by atoms with van der Waals surface area (Å²) in [7, 11) is 0.163. The maximum atomic E-state index is 12.9. The molecule has 0 bridgehead atoms. The third kappa shape index (κ3) is 3.44. The summed E-state index contributed by atoms with van der Waals surface area (Å²) in [5.74, 6) is 1.94. The van der Waals surface area contributed by atoms with Gasteiger partial charge >= 0.3 is 0 Å². The summed E-state index contributed by atoms with van der Waals surface area (Å²) in [5, 5.41) is 3.10. The van der Waals surface area contributed by atoms with E-state index in [0.29, 0.717) is 11.4 Å². The molecule has 1 aliphatic rings. The van der Waals surface area contributed by atoms with Gasteiger partial charge in [-0.05, 0) is 55.8 Å². The van der Waals surface area contributed by atoms with Gasteiger partial charge in [0.25, 0.3) is 0 Å². The van der Waals surface area contributed by atoms with Crippen LogP contribution in [0, 0.1) is 13.8 Å². The van der Waals surface area contributed by atoms with Gasteiger partial charge in [0.05, 0.1) is 4.90 Å². The number of nitrogens with one attached hydrogen (secondary N) is 1. The van der Waals surface area contributed by atoms with Gasteiger partial charge < -0.3 is 5.32 Å². The molecule has 0 amide bonds. The molecule has 1 heterocycles. The quantitative estimate of drug-likeness (QED) is 0.900. The lowest BCUT2D eigenvalue weighted by atomic mass is 10.1. The molecule has 1 fully saturated rings. The van der Waals surface area contributed by atoms with Crippen molar-refractivity contribution in [2.24, 2.45) is 0 Å². The Morgan fingerprint density at radius 2 is 2.05 bits per heavy atom. The fraction of sp³-hybridized carbons (Fsp3) is 0.600. The second kappa shape index (κ2) is 6.69. The summed E-state index contributed by atoms with van der Waals surface area (Å²) < 4.78 is 27.4. The van der Waals surface area contributed by atoms with Crippen molar-refractivity contribution >= 4 is 21.8 Å². The molecular weight excluding hydrogens is 304 g/mol. The van der Waals surface area contributed by atoms with E-state index in [1.807, 2.05) is 44.8 Å². The van der Waals surface area contributed by atoms with Crippen LogP contribution in [0.2, 0.25) is 0 Å². The Morgan fingerprint density at radius 1 is 1.33 bits per heavy atom. The van der Waals surface area contributed by atoms with E-state index in [2.05, 4.69) is 5.32 Å². The van der Waals surface area contributed by atoms with Crippen LogP contribution in [0.1, 0.15) is 23.1 Å². The number of hydrogen-bond acceptors (Lipinski definition) is 4. The van der Waals surface area contributed by atoms with Gasteiger partial charge in [-0.3, -0.25) is 0 Å².